The van der Waals surface area contributed by atoms with Crippen molar-refractivity contribution in [3.63, 3.8) is 0 Å². The van der Waals surface area contributed by atoms with E-state index in [-0.39, 0.29) is 6.61 Å². The van der Waals surface area contributed by atoms with Gasteiger partial charge in [0.05, 0.1) is 6.07 Å². The van der Waals surface area contributed by atoms with Gasteiger partial charge in [0, 0.05) is 11.9 Å². The van der Waals surface area contributed by atoms with Crippen LogP contribution in [0, 0.1) is 11.3 Å². The highest BCUT2D eigenvalue weighted by Gasteiger charge is 2.31. The molecule has 0 heterocycles. The lowest BCUT2D eigenvalue weighted by Crippen LogP contribution is -2.42. The minimum atomic E-state index is -0.608. The van der Waals surface area contributed by atoms with Crippen LogP contribution in [0.4, 0.5) is 0 Å². The Morgan fingerprint density at radius 3 is 2.67 bits per heavy atom. The van der Waals surface area contributed by atoms with Crippen LogP contribution in [-0.4, -0.2) is 29.3 Å². The summed E-state index contributed by atoms with van der Waals surface area (Å²) in [7, 11) is 0. The molecule has 4 heteroatoms. The minimum absolute atomic E-state index is 0.227. The Bertz CT molecular complexity index is 432. The third kappa shape index (κ3) is 5.70. The maximum atomic E-state index is 9.76. The molecule has 0 aliphatic carbocycles. The molecule has 1 aromatic rings. The normalized spacial score (nSPS) is 15.1. The molecule has 2 unspecified atom stereocenters. The topological polar surface area (TPSA) is 56.0 Å². The fourth-order valence-electron chi connectivity index (χ4n) is 2.23. The van der Waals surface area contributed by atoms with E-state index in [2.05, 4.69) is 25.2 Å². The summed E-state index contributed by atoms with van der Waals surface area (Å²) >= 11 is 1.82. The zero-order chi connectivity index (χ0) is 15.6. The van der Waals surface area contributed by atoms with Crippen LogP contribution in [0.2, 0.25) is 0 Å². The SMILES string of the molecule is CCCNC(C#N)(CCSC(C)CCO)c1ccccc1. The van der Waals surface area contributed by atoms with Crippen molar-refractivity contribution in [3.05, 3.63) is 35.9 Å². The number of aliphatic hydroxyl groups excluding tert-OH is 1. The average Bonchev–Trinajstić information content (AvgIpc) is 2.52. The Balaban J connectivity index is 2.75. The number of aliphatic hydroxyl groups is 1. The molecule has 1 aromatic carbocycles. The second kappa shape index (κ2) is 9.83. The van der Waals surface area contributed by atoms with Gasteiger partial charge < -0.3 is 5.11 Å². The van der Waals surface area contributed by atoms with Gasteiger partial charge in [-0.25, -0.2) is 0 Å². The second-order valence-electron chi connectivity index (χ2n) is 5.25. The van der Waals surface area contributed by atoms with Crippen molar-refractivity contribution in [2.45, 2.75) is 43.9 Å². The van der Waals surface area contributed by atoms with Crippen LogP contribution < -0.4 is 5.32 Å². The largest absolute Gasteiger partial charge is 0.396 e. The van der Waals surface area contributed by atoms with Gasteiger partial charge in [0.15, 0.2) is 0 Å². The van der Waals surface area contributed by atoms with Gasteiger partial charge in [0.25, 0.3) is 0 Å². The van der Waals surface area contributed by atoms with Crippen LogP contribution in [0.1, 0.15) is 38.7 Å². The number of nitrogens with zero attached hydrogens (tertiary/aromatic N) is 1. The van der Waals surface area contributed by atoms with Gasteiger partial charge in [0.1, 0.15) is 5.54 Å². The molecule has 21 heavy (non-hydrogen) atoms. The van der Waals surface area contributed by atoms with E-state index in [1.54, 1.807) is 0 Å². The molecule has 0 aromatic heterocycles. The monoisotopic (exact) mass is 306 g/mol. The highest BCUT2D eigenvalue weighted by Crippen LogP contribution is 2.28. The standard InChI is InChI=1S/C17H26N2OS/c1-3-11-19-17(14-18,16-7-5-4-6-8-16)10-13-21-15(2)9-12-20/h4-8,15,19-20H,3,9-13H2,1-2H3. The molecule has 0 aliphatic rings. The van der Waals surface area contributed by atoms with Crippen LogP contribution in [0.3, 0.4) is 0 Å². The van der Waals surface area contributed by atoms with Crippen molar-refractivity contribution in [3.8, 4) is 6.07 Å². The molecule has 0 amide bonds. The van der Waals surface area contributed by atoms with Gasteiger partial charge in [-0.15, -0.1) is 0 Å². The van der Waals surface area contributed by atoms with E-state index in [1.165, 1.54) is 0 Å². The lowest BCUT2D eigenvalue weighted by atomic mass is 9.88. The number of benzene rings is 1. The summed E-state index contributed by atoms with van der Waals surface area (Å²) in [6.45, 7) is 5.29. The Morgan fingerprint density at radius 1 is 1.38 bits per heavy atom. The van der Waals surface area contributed by atoms with Crippen molar-refractivity contribution < 1.29 is 5.11 Å². The van der Waals surface area contributed by atoms with Crippen molar-refractivity contribution in [1.82, 2.24) is 5.32 Å². The van der Waals surface area contributed by atoms with Gasteiger partial charge in [0.2, 0.25) is 0 Å². The van der Waals surface area contributed by atoms with Crippen molar-refractivity contribution in [1.29, 1.82) is 5.26 Å². The molecule has 0 saturated heterocycles. The Labute approximate surface area is 132 Å². The summed E-state index contributed by atoms with van der Waals surface area (Å²) in [6, 6.07) is 12.5. The highest BCUT2D eigenvalue weighted by atomic mass is 32.2. The summed E-state index contributed by atoms with van der Waals surface area (Å²) in [4.78, 5) is 0. The first-order chi connectivity index (χ1) is 10.2. The summed E-state index contributed by atoms with van der Waals surface area (Å²) < 4.78 is 0. The molecule has 0 aliphatic heterocycles. The molecule has 116 valence electrons. The summed E-state index contributed by atoms with van der Waals surface area (Å²) in [6.07, 6.45) is 2.58. The molecular formula is C17H26N2OS. The van der Waals surface area contributed by atoms with Gasteiger partial charge in [-0.1, -0.05) is 44.2 Å². The number of thioether (sulfide) groups is 1. The molecule has 0 saturated carbocycles. The van der Waals surface area contributed by atoms with Crippen molar-refractivity contribution in [2.75, 3.05) is 18.9 Å². The van der Waals surface area contributed by atoms with Crippen LogP contribution in [0.15, 0.2) is 30.3 Å². The van der Waals surface area contributed by atoms with E-state index in [0.29, 0.717) is 5.25 Å². The highest BCUT2D eigenvalue weighted by molar-refractivity contribution is 7.99. The van der Waals surface area contributed by atoms with Crippen LogP contribution in [0.5, 0.6) is 0 Å². The molecular weight excluding hydrogens is 280 g/mol. The van der Waals surface area contributed by atoms with E-state index in [4.69, 9.17) is 5.11 Å². The van der Waals surface area contributed by atoms with E-state index >= 15 is 0 Å². The van der Waals surface area contributed by atoms with Gasteiger partial charge in [-0.3, -0.25) is 5.32 Å². The Hall–Kier alpha value is -1.02. The number of hydrogen-bond donors (Lipinski definition) is 2. The first kappa shape index (κ1) is 18.0. The lowest BCUT2D eigenvalue weighted by molar-refractivity contribution is 0.289. The summed E-state index contributed by atoms with van der Waals surface area (Å²) in [5.74, 6) is 0.903. The Morgan fingerprint density at radius 2 is 2.10 bits per heavy atom. The number of hydrogen-bond acceptors (Lipinski definition) is 4. The predicted octanol–water partition coefficient (Wildman–Crippen LogP) is 3.30. The second-order valence-corrected chi connectivity index (χ2v) is 6.80. The third-order valence-electron chi connectivity index (χ3n) is 3.55. The molecule has 0 bridgehead atoms. The van der Waals surface area contributed by atoms with E-state index in [9.17, 15) is 5.26 Å². The van der Waals surface area contributed by atoms with Crippen LogP contribution in [0.25, 0.3) is 0 Å². The molecule has 0 fully saturated rings. The molecule has 0 spiro atoms. The first-order valence-corrected chi connectivity index (χ1v) is 8.67. The van der Waals surface area contributed by atoms with Gasteiger partial charge in [-0.05, 0) is 37.1 Å². The number of rotatable bonds is 10. The smallest absolute Gasteiger partial charge is 0.133 e. The van der Waals surface area contributed by atoms with Crippen LogP contribution >= 0.6 is 11.8 Å². The first-order valence-electron chi connectivity index (χ1n) is 7.62. The van der Waals surface area contributed by atoms with Gasteiger partial charge >= 0.3 is 0 Å². The quantitative estimate of drug-likeness (QED) is 0.696. The molecule has 0 radical (unpaired) electrons. The maximum Gasteiger partial charge on any atom is 0.133 e. The fourth-order valence-corrected chi connectivity index (χ4v) is 3.33. The summed E-state index contributed by atoms with van der Waals surface area (Å²) in [5.41, 5.74) is 0.430. The molecule has 1 rings (SSSR count). The minimum Gasteiger partial charge on any atom is -0.396 e. The zero-order valence-corrected chi connectivity index (χ0v) is 13.8. The third-order valence-corrected chi connectivity index (χ3v) is 4.79. The van der Waals surface area contributed by atoms with E-state index in [0.717, 1.165) is 37.1 Å². The van der Waals surface area contributed by atoms with E-state index in [1.807, 2.05) is 42.1 Å². The fraction of sp³-hybridized carbons (Fsp3) is 0.588. The summed E-state index contributed by atoms with van der Waals surface area (Å²) in [5, 5.41) is 22.6. The average molecular weight is 306 g/mol. The molecule has 3 nitrogen and oxygen atoms in total. The molecule has 2 N–H and O–H groups in total. The molecule has 2 atom stereocenters. The van der Waals surface area contributed by atoms with Crippen molar-refractivity contribution in [2.24, 2.45) is 0 Å². The van der Waals surface area contributed by atoms with Crippen molar-refractivity contribution >= 4 is 11.8 Å². The number of nitrogens with one attached hydrogen (secondary N) is 1. The zero-order valence-electron chi connectivity index (χ0n) is 13.0. The lowest BCUT2D eigenvalue weighted by Gasteiger charge is -2.29. The maximum absolute atomic E-state index is 9.76. The predicted molar refractivity (Wildman–Crippen MR) is 90.3 cm³/mol. The Kier molecular flexibility index (Phi) is 8.44. The van der Waals surface area contributed by atoms with Gasteiger partial charge in [-0.2, -0.15) is 17.0 Å². The van der Waals surface area contributed by atoms with E-state index < -0.39 is 5.54 Å². The number of nitriles is 1. The van der Waals surface area contributed by atoms with Crippen LogP contribution in [-0.2, 0) is 5.54 Å².